The van der Waals surface area contributed by atoms with E-state index in [1.807, 2.05) is 24.3 Å². The summed E-state index contributed by atoms with van der Waals surface area (Å²) in [6.07, 6.45) is -4.56. The number of esters is 1. The van der Waals surface area contributed by atoms with Crippen molar-refractivity contribution in [2.45, 2.75) is 11.1 Å². The van der Waals surface area contributed by atoms with Crippen LogP contribution in [0, 0.1) is 0 Å². The number of carbonyl (C=O) groups excluding carboxylic acids is 1. The van der Waals surface area contributed by atoms with Crippen LogP contribution in [0.5, 0.6) is 17.2 Å². The minimum atomic E-state index is -4.56. The summed E-state index contributed by atoms with van der Waals surface area (Å²) in [5.41, 5.74) is -0.928. The summed E-state index contributed by atoms with van der Waals surface area (Å²) in [6.45, 7) is 0. The van der Waals surface area contributed by atoms with Crippen LogP contribution in [0.3, 0.4) is 0 Å². The molecule has 0 saturated carbocycles. The van der Waals surface area contributed by atoms with Gasteiger partial charge < -0.3 is 14.2 Å². The minimum absolute atomic E-state index is 0.0114. The first-order valence-corrected chi connectivity index (χ1v) is 9.93. The van der Waals surface area contributed by atoms with Gasteiger partial charge in [0.15, 0.2) is 11.5 Å². The SMILES string of the molecule is COC(=O)CSc1ccc2ccc(Oc3c(Cl)cc(C(F)(F)F)cc3OC)cc2c1. The Morgan fingerprint density at radius 3 is 2.43 bits per heavy atom. The van der Waals surface area contributed by atoms with Gasteiger partial charge in [-0.15, -0.1) is 11.8 Å². The van der Waals surface area contributed by atoms with Crippen molar-refractivity contribution in [2.75, 3.05) is 20.0 Å². The molecule has 0 unspecified atom stereocenters. The van der Waals surface area contributed by atoms with Gasteiger partial charge in [-0.25, -0.2) is 0 Å². The summed E-state index contributed by atoms with van der Waals surface area (Å²) in [5, 5.41) is 1.53. The zero-order valence-corrected chi connectivity index (χ0v) is 17.5. The van der Waals surface area contributed by atoms with Crippen LogP contribution in [0.2, 0.25) is 5.02 Å². The minimum Gasteiger partial charge on any atom is -0.493 e. The molecule has 0 fully saturated rings. The Morgan fingerprint density at radius 2 is 1.77 bits per heavy atom. The number of carbonyl (C=O) groups is 1. The van der Waals surface area contributed by atoms with E-state index in [0.717, 1.165) is 27.8 Å². The van der Waals surface area contributed by atoms with E-state index in [-0.39, 0.29) is 28.2 Å². The molecule has 0 saturated heterocycles. The zero-order chi connectivity index (χ0) is 21.9. The number of halogens is 4. The Bertz CT molecular complexity index is 1090. The number of alkyl halides is 3. The summed E-state index contributed by atoms with van der Waals surface area (Å²) >= 11 is 7.37. The topological polar surface area (TPSA) is 44.8 Å². The second kappa shape index (κ2) is 9.06. The molecule has 0 aliphatic heterocycles. The monoisotopic (exact) mass is 456 g/mol. The number of fused-ring (bicyclic) bond motifs is 1. The first-order chi connectivity index (χ1) is 14.2. The Labute approximate surface area is 179 Å². The molecule has 0 heterocycles. The third-order valence-electron chi connectivity index (χ3n) is 4.14. The molecule has 30 heavy (non-hydrogen) atoms. The molecule has 0 aliphatic rings. The maximum Gasteiger partial charge on any atom is 0.416 e. The smallest absolute Gasteiger partial charge is 0.416 e. The molecule has 0 N–H and O–H groups in total. The van der Waals surface area contributed by atoms with Gasteiger partial charge in [-0.1, -0.05) is 23.7 Å². The summed E-state index contributed by atoms with van der Waals surface area (Å²) in [6, 6.07) is 12.5. The quantitative estimate of drug-likeness (QED) is 0.310. The number of hydrogen-bond acceptors (Lipinski definition) is 5. The number of benzene rings is 3. The van der Waals surface area contributed by atoms with Crippen LogP contribution in [0.1, 0.15) is 5.56 Å². The van der Waals surface area contributed by atoms with Gasteiger partial charge in [0, 0.05) is 4.90 Å². The van der Waals surface area contributed by atoms with Gasteiger partial charge in [-0.2, -0.15) is 13.2 Å². The van der Waals surface area contributed by atoms with Crippen LogP contribution in [-0.4, -0.2) is 25.9 Å². The number of methoxy groups -OCH3 is 2. The van der Waals surface area contributed by atoms with Crippen molar-refractivity contribution in [2.24, 2.45) is 0 Å². The predicted molar refractivity (Wildman–Crippen MR) is 110 cm³/mol. The number of hydrogen-bond donors (Lipinski definition) is 0. The third kappa shape index (κ3) is 5.12. The van der Waals surface area contributed by atoms with Gasteiger partial charge in [-0.3, -0.25) is 4.79 Å². The maximum atomic E-state index is 13.0. The van der Waals surface area contributed by atoms with Crippen molar-refractivity contribution >= 4 is 40.1 Å². The average Bonchev–Trinajstić information content (AvgIpc) is 2.72. The Balaban J connectivity index is 1.91. The molecular weight excluding hydrogens is 441 g/mol. The van der Waals surface area contributed by atoms with Gasteiger partial charge in [0.2, 0.25) is 0 Å². The van der Waals surface area contributed by atoms with Crippen LogP contribution >= 0.6 is 23.4 Å². The normalized spacial score (nSPS) is 11.4. The lowest BCUT2D eigenvalue weighted by molar-refractivity contribution is -0.138. The molecule has 158 valence electrons. The van der Waals surface area contributed by atoms with Gasteiger partial charge in [-0.05, 0) is 47.2 Å². The van der Waals surface area contributed by atoms with E-state index in [2.05, 4.69) is 4.74 Å². The van der Waals surface area contributed by atoms with Gasteiger partial charge in [0.05, 0.1) is 30.6 Å². The number of thioether (sulfide) groups is 1. The lowest BCUT2D eigenvalue weighted by Gasteiger charge is -2.15. The summed E-state index contributed by atoms with van der Waals surface area (Å²) < 4.78 is 54.5. The summed E-state index contributed by atoms with van der Waals surface area (Å²) in [4.78, 5) is 12.2. The van der Waals surface area contributed by atoms with E-state index in [9.17, 15) is 18.0 Å². The molecule has 0 amide bonds. The second-order valence-electron chi connectivity index (χ2n) is 6.12. The fraction of sp³-hybridized carbons (Fsp3) is 0.190. The molecule has 0 aromatic heterocycles. The van der Waals surface area contributed by atoms with Crippen LogP contribution in [-0.2, 0) is 15.7 Å². The van der Waals surface area contributed by atoms with E-state index in [4.69, 9.17) is 21.1 Å². The van der Waals surface area contributed by atoms with Gasteiger partial charge in [0.25, 0.3) is 0 Å². The van der Waals surface area contributed by atoms with Crippen LogP contribution in [0.25, 0.3) is 10.8 Å². The van der Waals surface area contributed by atoms with Crippen LogP contribution in [0.4, 0.5) is 13.2 Å². The highest BCUT2D eigenvalue weighted by atomic mass is 35.5. The molecule has 0 spiro atoms. The molecule has 3 rings (SSSR count). The summed E-state index contributed by atoms with van der Waals surface area (Å²) in [7, 11) is 2.57. The summed E-state index contributed by atoms with van der Waals surface area (Å²) in [5.74, 6) is 0.0788. The second-order valence-corrected chi connectivity index (χ2v) is 7.58. The van der Waals surface area contributed by atoms with Crippen molar-refractivity contribution in [3.63, 3.8) is 0 Å². The molecule has 0 atom stereocenters. The Hall–Kier alpha value is -2.58. The highest BCUT2D eigenvalue weighted by Gasteiger charge is 2.33. The van der Waals surface area contributed by atoms with Crippen molar-refractivity contribution in [1.29, 1.82) is 0 Å². The van der Waals surface area contributed by atoms with Crippen molar-refractivity contribution in [3.05, 3.63) is 59.1 Å². The molecule has 3 aromatic carbocycles. The van der Waals surface area contributed by atoms with Crippen molar-refractivity contribution in [1.82, 2.24) is 0 Å². The zero-order valence-electron chi connectivity index (χ0n) is 15.9. The van der Waals surface area contributed by atoms with Gasteiger partial charge >= 0.3 is 12.1 Å². The molecule has 3 aromatic rings. The maximum absolute atomic E-state index is 13.0. The van der Waals surface area contributed by atoms with Crippen molar-refractivity contribution < 1.29 is 32.2 Å². The van der Waals surface area contributed by atoms with Crippen molar-refractivity contribution in [3.8, 4) is 17.2 Å². The molecule has 4 nitrogen and oxygen atoms in total. The molecule has 0 aliphatic carbocycles. The van der Waals surface area contributed by atoms with Gasteiger partial charge in [0.1, 0.15) is 5.75 Å². The Kier molecular flexibility index (Phi) is 6.67. The number of rotatable bonds is 6. The highest BCUT2D eigenvalue weighted by Crippen LogP contribution is 2.43. The predicted octanol–water partition coefficient (Wildman–Crippen LogP) is 6.58. The lowest BCUT2D eigenvalue weighted by atomic mass is 10.1. The fourth-order valence-electron chi connectivity index (χ4n) is 2.66. The molecular formula is C21H16ClF3O4S. The molecule has 0 bridgehead atoms. The van der Waals surface area contributed by atoms with E-state index in [0.29, 0.717) is 5.75 Å². The average molecular weight is 457 g/mol. The molecule has 0 radical (unpaired) electrons. The first kappa shape index (κ1) is 22.1. The highest BCUT2D eigenvalue weighted by molar-refractivity contribution is 8.00. The lowest BCUT2D eigenvalue weighted by Crippen LogP contribution is -2.06. The number of ether oxygens (including phenoxy) is 3. The van der Waals surface area contributed by atoms with Crippen LogP contribution in [0.15, 0.2) is 53.4 Å². The fourth-order valence-corrected chi connectivity index (χ4v) is 3.68. The molecule has 9 heteroatoms. The first-order valence-electron chi connectivity index (χ1n) is 8.57. The van der Waals surface area contributed by atoms with E-state index in [1.165, 1.54) is 26.0 Å². The Morgan fingerprint density at radius 1 is 1.03 bits per heavy atom. The van der Waals surface area contributed by atoms with E-state index in [1.54, 1.807) is 12.1 Å². The van der Waals surface area contributed by atoms with E-state index >= 15 is 0 Å². The largest absolute Gasteiger partial charge is 0.493 e. The standard InChI is InChI=1S/C21H16ClF3O4S/c1-27-18-10-14(21(23,24)25)9-17(22)20(18)29-15-5-3-12-4-6-16(8-13(12)7-15)30-11-19(26)28-2/h3-10H,11H2,1-2H3. The van der Waals surface area contributed by atoms with E-state index < -0.39 is 11.7 Å². The third-order valence-corrected chi connectivity index (χ3v) is 5.39. The van der Waals surface area contributed by atoms with Crippen LogP contribution < -0.4 is 9.47 Å².